The van der Waals surface area contributed by atoms with E-state index in [1.54, 1.807) is 0 Å². The van der Waals surface area contributed by atoms with Crippen LogP contribution in [0.5, 0.6) is 0 Å². The Morgan fingerprint density at radius 3 is 2.11 bits per heavy atom. The molecular weight excluding hydrogens is 356 g/mol. The Hall–Kier alpha value is 0.1000. The summed E-state index contributed by atoms with van der Waals surface area (Å²) < 4.78 is 2.39. The predicted octanol–water partition coefficient (Wildman–Crippen LogP) is 3.74. The fourth-order valence-corrected chi connectivity index (χ4v) is 3.59. The lowest BCUT2D eigenvalue weighted by Crippen LogP contribution is -2.48. The Morgan fingerprint density at radius 1 is 1.06 bits per heavy atom. The highest BCUT2D eigenvalue weighted by atomic mass is 79.9. The summed E-state index contributed by atoms with van der Waals surface area (Å²) in [6.45, 7) is 10.3. The summed E-state index contributed by atoms with van der Waals surface area (Å²) in [5, 5.41) is 0. The Kier molecular flexibility index (Phi) is 5.24. The van der Waals surface area contributed by atoms with Gasteiger partial charge in [0.15, 0.2) is 0 Å². The van der Waals surface area contributed by atoms with Crippen LogP contribution in [0.2, 0.25) is 0 Å². The molecule has 1 fully saturated rings. The van der Waals surface area contributed by atoms with E-state index in [1.165, 1.54) is 27.6 Å². The third-order valence-corrected chi connectivity index (χ3v) is 5.07. The molecule has 1 saturated heterocycles. The topological polar surface area (TPSA) is 6.48 Å². The van der Waals surface area contributed by atoms with E-state index >= 15 is 0 Å². The van der Waals surface area contributed by atoms with Gasteiger partial charge >= 0.3 is 0 Å². The second kappa shape index (κ2) is 6.51. The average molecular weight is 376 g/mol. The molecule has 18 heavy (non-hydrogen) atoms. The average Bonchev–Trinajstić information content (AvgIpc) is 2.34. The van der Waals surface area contributed by atoms with Crippen molar-refractivity contribution in [1.82, 2.24) is 9.80 Å². The number of halogens is 2. The molecule has 1 aliphatic rings. The van der Waals surface area contributed by atoms with Crippen molar-refractivity contribution in [2.45, 2.75) is 26.4 Å². The molecular formula is C14H20Br2N2. The molecule has 0 spiro atoms. The van der Waals surface area contributed by atoms with E-state index in [-0.39, 0.29) is 0 Å². The Morgan fingerprint density at radius 2 is 1.61 bits per heavy atom. The van der Waals surface area contributed by atoms with Crippen LogP contribution in [-0.2, 0) is 6.54 Å². The van der Waals surface area contributed by atoms with Crippen molar-refractivity contribution in [3.8, 4) is 0 Å². The molecule has 0 unspecified atom stereocenters. The van der Waals surface area contributed by atoms with E-state index in [2.05, 4.69) is 73.7 Å². The number of hydrogen-bond donors (Lipinski definition) is 0. The molecule has 0 N–H and O–H groups in total. The lowest BCUT2D eigenvalue weighted by Gasteiger charge is -2.37. The summed E-state index contributed by atoms with van der Waals surface area (Å²) in [5.41, 5.74) is 1.36. The quantitative estimate of drug-likeness (QED) is 0.793. The van der Waals surface area contributed by atoms with Crippen LogP contribution in [0.25, 0.3) is 0 Å². The normalized spacial score (nSPS) is 18.5. The molecule has 0 radical (unpaired) electrons. The van der Waals surface area contributed by atoms with Crippen LogP contribution in [-0.4, -0.2) is 42.0 Å². The molecule has 0 saturated carbocycles. The Bertz CT molecular complexity index is 379. The zero-order valence-corrected chi connectivity index (χ0v) is 14.2. The third kappa shape index (κ3) is 3.56. The van der Waals surface area contributed by atoms with E-state index in [0.717, 1.165) is 19.6 Å². The number of piperazine rings is 1. The molecule has 4 heteroatoms. The van der Waals surface area contributed by atoms with Gasteiger partial charge in [0, 0.05) is 47.7 Å². The van der Waals surface area contributed by atoms with Gasteiger partial charge in [-0.05, 0) is 31.5 Å². The van der Waals surface area contributed by atoms with E-state index in [4.69, 9.17) is 0 Å². The predicted molar refractivity (Wildman–Crippen MR) is 83.8 cm³/mol. The van der Waals surface area contributed by atoms with E-state index < -0.39 is 0 Å². The van der Waals surface area contributed by atoms with Crippen LogP contribution >= 0.6 is 31.9 Å². The van der Waals surface area contributed by atoms with Gasteiger partial charge in [0.25, 0.3) is 0 Å². The van der Waals surface area contributed by atoms with Gasteiger partial charge < -0.3 is 0 Å². The number of nitrogens with zero attached hydrogens (tertiary/aromatic N) is 2. The molecule has 100 valence electrons. The summed E-state index contributed by atoms with van der Waals surface area (Å²) in [5.74, 6) is 0. The fraction of sp³-hybridized carbons (Fsp3) is 0.571. The summed E-state index contributed by atoms with van der Waals surface area (Å²) in [6.07, 6.45) is 0. The van der Waals surface area contributed by atoms with Gasteiger partial charge in [-0.1, -0.05) is 37.9 Å². The van der Waals surface area contributed by atoms with Gasteiger partial charge in [0.2, 0.25) is 0 Å². The fourth-order valence-electron chi connectivity index (χ4n) is 2.34. The minimum absolute atomic E-state index is 0.669. The second-order valence-electron chi connectivity index (χ2n) is 5.11. The minimum atomic E-state index is 0.669. The second-order valence-corrected chi connectivity index (χ2v) is 6.81. The maximum Gasteiger partial charge on any atom is 0.0257 e. The van der Waals surface area contributed by atoms with Crippen LogP contribution in [0.4, 0.5) is 0 Å². The Balaban J connectivity index is 1.96. The van der Waals surface area contributed by atoms with Gasteiger partial charge in [-0.3, -0.25) is 9.80 Å². The van der Waals surface area contributed by atoms with Gasteiger partial charge in [0.1, 0.15) is 0 Å². The van der Waals surface area contributed by atoms with Gasteiger partial charge in [-0.25, -0.2) is 0 Å². The highest BCUT2D eigenvalue weighted by Gasteiger charge is 2.19. The summed E-state index contributed by atoms with van der Waals surface area (Å²) >= 11 is 7.28. The van der Waals surface area contributed by atoms with Gasteiger partial charge in [0.05, 0.1) is 0 Å². The number of hydrogen-bond acceptors (Lipinski definition) is 2. The summed E-state index contributed by atoms with van der Waals surface area (Å²) in [4.78, 5) is 5.08. The summed E-state index contributed by atoms with van der Waals surface area (Å²) in [6, 6.07) is 6.96. The highest BCUT2D eigenvalue weighted by Crippen LogP contribution is 2.26. The molecule has 0 aromatic heterocycles. The van der Waals surface area contributed by atoms with Crippen LogP contribution in [0.3, 0.4) is 0 Å². The van der Waals surface area contributed by atoms with Crippen molar-refractivity contribution in [2.75, 3.05) is 26.2 Å². The SMILES string of the molecule is CC(C)N1CCN(Cc2c(Br)cccc2Br)CC1. The van der Waals surface area contributed by atoms with E-state index in [0.29, 0.717) is 6.04 Å². The standard InChI is InChI=1S/C14H20Br2N2/c1-11(2)18-8-6-17(7-9-18)10-12-13(15)4-3-5-14(12)16/h3-5,11H,6-10H2,1-2H3. The van der Waals surface area contributed by atoms with Gasteiger partial charge in [-0.2, -0.15) is 0 Å². The smallest absolute Gasteiger partial charge is 0.0257 e. The largest absolute Gasteiger partial charge is 0.298 e. The molecule has 1 aromatic carbocycles. The van der Waals surface area contributed by atoms with Crippen molar-refractivity contribution in [2.24, 2.45) is 0 Å². The molecule has 1 aromatic rings. The number of rotatable bonds is 3. The van der Waals surface area contributed by atoms with Crippen molar-refractivity contribution in [1.29, 1.82) is 0 Å². The molecule has 0 bridgehead atoms. The van der Waals surface area contributed by atoms with Crippen molar-refractivity contribution in [3.63, 3.8) is 0 Å². The monoisotopic (exact) mass is 374 g/mol. The first-order valence-corrected chi connectivity index (χ1v) is 8.06. The van der Waals surface area contributed by atoms with E-state index in [1.807, 2.05) is 0 Å². The zero-order chi connectivity index (χ0) is 13.1. The number of benzene rings is 1. The van der Waals surface area contributed by atoms with Crippen LogP contribution < -0.4 is 0 Å². The first-order valence-electron chi connectivity index (χ1n) is 6.47. The first-order chi connectivity index (χ1) is 8.58. The van der Waals surface area contributed by atoms with Crippen molar-refractivity contribution in [3.05, 3.63) is 32.7 Å². The van der Waals surface area contributed by atoms with Crippen molar-refractivity contribution < 1.29 is 0 Å². The molecule has 1 heterocycles. The zero-order valence-electron chi connectivity index (χ0n) is 11.0. The van der Waals surface area contributed by atoms with E-state index in [9.17, 15) is 0 Å². The maximum absolute atomic E-state index is 3.64. The van der Waals surface area contributed by atoms with Gasteiger partial charge in [-0.15, -0.1) is 0 Å². The lowest BCUT2D eigenvalue weighted by atomic mass is 10.2. The first kappa shape index (κ1) is 14.5. The molecule has 2 rings (SSSR count). The third-order valence-electron chi connectivity index (χ3n) is 3.58. The van der Waals surface area contributed by atoms with Crippen LogP contribution in [0.1, 0.15) is 19.4 Å². The maximum atomic E-state index is 3.64. The summed E-state index contributed by atoms with van der Waals surface area (Å²) in [7, 11) is 0. The molecule has 0 atom stereocenters. The van der Waals surface area contributed by atoms with Crippen LogP contribution in [0.15, 0.2) is 27.1 Å². The molecule has 0 aliphatic carbocycles. The van der Waals surface area contributed by atoms with Crippen molar-refractivity contribution >= 4 is 31.9 Å². The highest BCUT2D eigenvalue weighted by molar-refractivity contribution is 9.11. The molecule has 1 aliphatic heterocycles. The Labute approximate surface area is 127 Å². The molecule has 2 nitrogen and oxygen atoms in total. The lowest BCUT2D eigenvalue weighted by molar-refractivity contribution is 0.104. The van der Waals surface area contributed by atoms with Crippen LogP contribution in [0, 0.1) is 0 Å². The minimum Gasteiger partial charge on any atom is -0.298 e. The molecule has 0 amide bonds.